The van der Waals surface area contributed by atoms with Gasteiger partial charge in [-0.1, -0.05) is 6.07 Å². The number of aryl methyl sites for hydroxylation is 2. The summed E-state index contributed by atoms with van der Waals surface area (Å²) in [5.74, 6) is 1.41. The van der Waals surface area contributed by atoms with Crippen LogP contribution in [0.3, 0.4) is 0 Å². The molecule has 2 aromatic carbocycles. The zero-order valence-electron chi connectivity index (χ0n) is 18.4. The quantitative estimate of drug-likeness (QED) is 0.426. The van der Waals surface area contributed by atoms with Crippen molar-refractivity contribution >= 4 is 27.8 Å². The first kappa shape index (κ1) is 21.5. The van der Waals surface area contributed by atoms with Crippen LogP contribution in [0.4, 0.5) is 0 Å². The minimum absolute atomic E-state index is 0.0301. The number of rotatable bonds is 8. The van der Waals surface area contributed by atoms with Gasteiger partial charge in [0.25, 0.3) is 0 Å². The second-order valence-electron chi connectivity index (χ2n) is 7.66. The molecule has 2 aromatic heterocycles. The van der Waals surface area contributed by atoms with Crippen LogP contribution in [-0.4, -0.2) is 31.2 Å². The lowest BCUT2D eigenvalue weighted by Gasteiger charge is -2.12. The topological polar surface area (TPSA) is 82.7 Å². The highest BCUT2D eigenvalue weighted by atomic mass is 16.5. The zero-order valence-corrected chi connectivity index (χ0v) is 18.4. The van der Waals surface area contributed by atoms with E-state index in [-0.39, 0.29) is 5.91 Å². The van der Waals surface area contributed by atoms with E-state index in [0.717, 1.165) is 33.2 Å². The van der Waals surface area contributed by atoms with E-state index in [1.807, 2.05) is 43.5 Å². The Morgan fingerprint density at radius 2 is 1.88 bits per heavy atom. The summed E-state index contributed by atoms with van der Waals surface area (Å²) in [4.78, 5) is 24.1. The van der Waals surface area contributed by atoms with Crippen molar-refractivity contribution in [3.05, 3.63) is 70.2 Å². The molecule has 0 fully saturated rings. The van der Waals surface area contributed by atoms with E-state index in [2.05, 4.69) is 9.88 Å². The van der Waals surface area contributed by atoms with Gasteiger partial charge in [0.1, 0.15) is 17.1 Å². The van der Waals surface area contributed by atoms with Crippen LogP contribution in [-0.2, 0) is 17.8 Å². The summed E-state index contributed by atoms with van der Waals surface area (Å²) in [6.45, 7) is 3.06. The Hall–Kier alpha value is -3.74. The van der Waals surface area contributed by atoms with Crippen LogP contribution in [0.15, 0.2) is 57.9 Å². The third-order valence-electron chi connectivity index (χ3n) is 5.64. The fourth-order valence-electron chi connectivity index (χ4n) is 4.00. The first-order valence-electron chi connectivity index (χ1n) is 10.5. The molecule has 0 spiro atoms. The van der Waals surface area contributed by atoms with Gasteiger partial charge in [-0.2, -0.15) is 0 Å². The van der Waals surface area contributed by atoms with E-state index in [1.54, 1.807) is 20.3 Å². The summed E-state index contributed by atoms with van der Waals surface area (Å²) in [6, 6.07) is 13.1. The maximum absolute atomic E-state index is 12.4. The fraction of sp³-hybridized carbons (Fsp3) is 0.280. The number of aromatic nitrogens is 1. The van der Waals surface area contributed by atoms with Crippen LogP contribution < -0.4 is 20.4 Å². The van der Waals surface area contributed by atoms with Gasteiger partial charge >= 0.3 is 5.63 Å². The van der Waals surface area contributed by atoms with Gasteiger partial charge < -0.3 is 23.8 Å². The number of hydrogen-bond donors (Lipinski definition) is 1. The van der Waals surface area contributed by atoms with Crippen LogP contribution in [0, 0.1) is 6.92 Å². The predicted octanol–water partition coefficient (Wildman–Crippen LogP) is 3.82. The molecule has 1 amide bonds. The van der Waals surface area contributed by atoms with Gasteiger partial charge in [-0.25, -0.2) is 4.79 Å². The number of nitrogens with zero attached hydrogens (tertiary/aromatic N) is 1. The number of carbonyl (C=O) groups excluding carboxylic acids is 1. The molecule has 0 saturated carbocycles. The van der Waals surface area contributed by atoms with E-state index >= 15 is 0 Å². The second kappa shape index (κ2) is 9.18. The Morgan fingerprint density at radius 3 is 2.66 bits per heavy atom. The second-order valence-corrected chi connectivity index (χ2v) is 7.66. The smallest absolute Gasteiger partial charge is 0.336 e. The number of benzene rings is 2. The summed E-state index contributed by atoms with van der Waals surface area (Å²) >= 11 is 0. The minimum Gasteiger partial charge on any atom is -0.496 e. The molecule has 7 nitrogen and oxygen atoms in total. The Bertz CT molecular complexity index is 1340. The lowest BCUT2D eigenvalue weighted by atomic mass is 10.0. The van der Waals surface area contributed by atoms with Gasteiger partial charge in [-0.3, -0.25) is 4.79 Å². The van der Waals surface area contributed by atoms with Crippen LogP contribution in [0.5, 0.6) is 11.5 Å². The number of amides is 1. The van der Waals surface area contributed by atoms with Crippen LogP contribution in [0.25, 0.3) is 21.9 Å². The fourth-order valence-corrected chi connectivity index (χ4v) is 4.00. The van der Waals surface area contributed by atoms with Gasteiger partial charge in [0.15, 0.2) is 0 Å². The van der Waals surface area contributed by atoms with E-state index in [9.17, 15) is 9.59 Å². The number of ether oxygens (including phenoxy) is 2. The molecule has 4 aromatic rings. The number of fused-ring (bicyclic) bond motifs is 2. The third kappa shape index (κ3) is 4.32. The molecule has 0 radical (unpaired) electrons. The average Bonchev–Trinajstić information content (AvgIpc) is 3.20. The third-order valence-corrected chi connectivity index (χ3v) is 5.64. The summed E-state index contributed by atoms with van der Waals surface area (Å²) in [6.07, 6.45) is 2.85. The summed E-state index contributed by atoms with van der Waals surface area (Å²) in [5, 5.41) is 4.88. The van der Waals surface area contributed by atoms with Crippen LogP contribution in [0.1, 0.15) is 17.5 Å². The zero-order chi connectivity index (χ0) is 22.7. The molecular weight excluding hydrogens is 408 g/mol. The van der Waals surface area contributed by atoms with Crippen molar-refractivity contribution < 1.29 is 18.7 Å². The molecule has 7 heteroatoms. The maximum atomic E-state index is 12.4. The van der Waals surface area contributed by atoms with Crippen molar-refractivity contribution in [2.24, 2.45) is 0 Å². The van der Waals surface area contributed by atoms with E-state index in [0.29, 0.717) is 37.3 Å². The molecule has 4 rings (SSSR count). The number of hydrogen-bond acceptors (Lipinski definition) is 5. The highest BCUT2D eigenvalue weighted by Gasteiger charge is 2.12. The molecule has 0 aliphatic heterocycles. The molecule has 166 valence electrons. The number of nitrogens with one attached hydrogen (secondary N) is 1. The molecule has 0 aliphatic carbocycles. The summed E-state index contributed by atoms with van der Waals surface area (Å²) in [5.41, 5.74) is 2.89. The maximum Gasteiger partial charge on any atom is 0.336 e. The Labute approximate surface area is 185 Å². The molecular formula is C25H26N2O5. The lowest BCUT2D eigenvalue weighted by Crippen LogP contribution is -2.27. The van der Waals surface area contributed by atoms with Gasteiger partial charge in [0, 0.05) is 48.6 Å². The predicted molar refractivity (Wildman–Crippen MR) is 124 cm³/mol. The average molecular weight is 434 g/mol. The normalized spacial score (nSPS) is 11.1. The van der Waals surface area contributed by atoms with E-state index in [1.165, 1.54) is 6.07 Å². The molecule has 32 heavy (non-hydrogen) atoms. The van der Waals surface area contributed by atoms with Crippen molar-refractivity contribution in [2.75, 3.05) is 20.8 Å². The Balaban J connectivity index is 1.38. The summed E-state index contributed by atoms with van der Waals surface area (Å²) in [7, 11) is 3.23. The highest BCUT2D eigenvalue weighted by Crippen LogP contribution is 2.28. The first-order valence-corrected chi connectivity index (χ1v) is 10.5. The Kier molecular flexibility index (Phi) is 6.16. The first-order chi connectivity index (χ1) is 15.5. The SMILES string of the molecule is COc1cc2oc(=O)cc(C)c2cc1CCC(=O)NCCn1ccc2c(OC)cccc21. The van der Waals surface area contributed by atoms with Crippen molar-refractivity contribution in [1.29, 1.82) is 0 Å². The van der Waals surface area contributed by atoms with Crippen LogP contribution in [0.2, 0.25) is 0 Å². The van der Waals surface area contributed by atoms with E-state index in [4.69, 9.17) is 13.9 Å². The minimum atomic E-state index is -0.391. The number of methoxy groups -OCH3 is 2. The molecule has 0 bridgehead atoms. The lowest BCUT2D eigenvalue weighted by molar-refractivity contribution is -0.121. The van der Waals surface area contributed by atoms with Crippen molar-refractivity contribution in [2.45, 2.75) is 26.3 Å². The molecule has 0 atom stereocenters. The number of carbonyl (C=O) groups is 1. The molecule has 0 aliphatic rings. The standard InChI is InChI=1S/C25H26N2O5/c1-16-13-25(29)32-23-15-22(31-3)17(14-19(16)23)7-8-24(28)26-10-12-27-11-9-18-20(27)5-4-6-21(18)30-2/h4-6,9,11,13-15H,7-8,10,12H2,1-3H3,(H,26,28). The van der Waals surface area contributed by atoms with Crippen molar-refractivity contribution in [3.63, 3.8) is 0 Å². The molecule has 0 saturated heterocycles. The largest absolute Gasteiger partial charge is 0.496 e. The van der Waals surface area contributed by atoms with E-state index < -0.39 is 5.63 Å². The monoisotopic (exact) mass is 434 g/mol. The van der Waals surface area contributed by atoms with Gasteiger partial charge in [-0.05, 0) is 48.7 Å². The van der Waals surface area contributed by atoms with Gasteiger partial charge in [0.2, 0.25) is 5.91 Å². The Morgan fingerprint density at radius 1 is 1.06 bits per heavy atom. The summed E-state index contributed by atoms with van der Waals surface area (Å²) < 4.78 is 18.2. The van der Waals surface area contributed by atoms with Gasteiger partial charge in [-0.15, -0.1) is 0 Å². The highest BCUT2D eigenvalue weighted by molar-refractivity contribution is 5.86. The molecule has 1 N–H and O–H groups in total. The molecule has 0 unspecified atom stereocenters. The van der Waals surface area contributed by atoms with Crippen LogP contribution >= 0.6 is 0 Å². The van der Waals surface area contributed by atoms with Crippen molar-refractivity contribution in [1.82, 2.24) is 9.88 Å². The molecule has 2 heterocycles. The van der Waals surface area contributed by atoms with Gasteiger partial charge in [0.05, 0.1) is 19.7 Å². The van der Waals surface area contributed by atoms with Crippen molar-refractivity contribution in [3.8, 4) is 11.5 Å².